The van der Waals surface area contributed by atoms with Crippen LogP contribution in [-0.4, -0.2) is 52.7 Å². The lowest BCUT2D eigenvalue weighted by molar-refractivity contribution is -0.151. The number of rotatable bonds is 9. The van der Waals surface area contributed by atoms with Crippen LogP contribution >= 0.6 is 0 Å². The summed E-state index contributed by atoms with van der Waals surface area (Å²) in [5, 5.41) is 12.3. The topological polar surface area (TPSA) is 95.9 Å². The minimum Gasteiger partial charge on any atom is -0.480 e. The van der Waals surface area contributed by atoms with E-state index in [0.29, 0.717) is 12.8 Å². The molecule has 7 heteroatoms. The molecule has 0 unspecified atom stereocenters. The Hall–Kier alpha value is -3.35. The molecule has 2 N–H and O–H groups in total. The molecule has 186 valence electrons. The number of hydrogen-bond donors (Lipinski definition) is 2. The Morgan fingerprint density at radius 3 is 2.06 bits per heavy atom. The smallest absolute Gasteiger partial charge is 0.410 e. The number of carbonyl (C=O) groups excluding carboxylic acids is 2. The second kappa shape index (κ2) is 10.5. The zero-order valence-electron chi connectivity index (χ0n) is 20.5. The van der Waals surface area contributed by atoms with Gasteiger partial charge in [-0.25, -0.2) is 9.59 Å². The molecule has 1 saturated heterocycles. The molecule has 1 heterocycles. The average Bonchev–Trinajstić information content (AvgIpc) is 3.19. The molecule has 7 nitrogen and oxygen atoms in total. The molecule has 1 aliphatic heterocycles. The first kappa shape index (κ1) is 24.8. The number of carboxylic acids is 1. The van der Waals surface area contributed by atoms with E-state index in [1.165, 1.54) is 4.90 Å². The summed E-state index contributed by atoms with van der Waals surface area (Å²) in [6, 6.07) is 15.0. The van der Waals surface area contributed by atoms with Crippen LogP contribution in [0.4, 0.5) is 4.79 Å². The van der Waals surface area contributed by atoms with Gasteiger partial charge < -0.3 is 15.2 Å². The van der Waals surface area contributed by atoms with Crippen LogP contribution in [0.3, 0.4) is 0 Å². The number of aliphatic carboxylic acids is 1. The van der Waals surface area contributed by atoms with Crippen molar-refractivity contribution in [1.82, 2.24) is 10.2 Å². The van der Waals surface area contributed by atoms with Crippen molar-refractivity contribution in [2.24, 2.45) is 0 Å². The van der Waals surface area contributed by atoms with Crippen molar-refractivity contribution in [1.29, 1.82) is 0 Å². The van der Waals surface area contributed by atoms with Crippen LogP contribution < -0.4 is 5.32 Å². The molecule has 2 aliphatic rings. The second-order valence-electron chi connectivity index (χ2n) is 9.52. The van der Waals surface area contributed by atoms with Gasteiger partial charge >= 0.3 is 12.1 Å². The molecule has 4 rings (SSSR count). The van der Waals surface area contributed by atoms with Crippen LogP contribution in [0.1, 0.15) is 69.4 Å². The summed E-state index contributed by atoms with van der Waals surface area (Å²) in [6.07, 6.45) is 3.56. The number of ether oxygens (including phenoxy) is 1. The summed E-state index contributed by atoms with van der Waals surface area (Å²) < 4.78 is 5.88. The summed E-state index contributed by atoms with van der Waals surface area (Å²) in [6.45, 7) is 4.09. The SMILES string of the molecule is CCCCC1(CCCC)C(=O)N[C@@H](C(=O)O)CN1C(=O)OCC1c2ccccc2-c2ccccc21. The van der Waals surface area contributed by atoms with Crippen LogP contribution in [0, 0.1) is 0 Å². The van der Waals surface area contributed by atoms with Gasteiger partial charge in [0, 0.05) is 5.92 Å². The summed E-state index contributed by atoms with van der Waals surface area (Å²) in [5.74, 6) is -1.66. The maximum Gasteiger partial charge on any atom is 0.410 e. The van der Waals surface area contributed by atoms with Crippen LogP contribution in [-0.2, 0) is 14.3 Å². The quantitative estimate of drug-likeness (QED) is 0.532. The zero-order valence-corrected chi connectivity index (χ0v) is 20.5. The van der Waals surface area contributed by atoms with Gasteiger partial charge in [0.2, 0.25) is 5.91 Å². The molecular formula is C28H34N2O5. The largest absolute Gasteiger partial charge is 0.480 e. The number of benzene rings is 2. The molecule has 0 saturated carbocycles. The molecule has 0 aromatic heterocycles. The molecule has 35 heavy (non-hydrogen) atoms. The first-order valence-corrected chi connectivity index (χ1v) is 12.6. The van der Waals surface area contributed by atoms with Gasteiger partial charge in [-0.05, 0) is 35.1 Å². The predicted octanol–water partition coefficient (Wildman–Crippen LogP) is 4.94. The number of nitrogens with zero attached hydrogens (tertiary/aromatic N) is 1. The normalized spacial score (nSPS) is 18.5. The summed E-state index contributed by atoms with van der Waals surface area (Å²) in [5.41, 5.74) is 3.37. The van der Waals surface area contributed by atoms with Crippen LogP contribution in [0.15, 0.2) is 48.5 Å². The minimum absolute atomic E-state index is 0.106. The van der Waals surface area contributed by atoms with Crippen LogP contribution in [0.5, 0.6) is 0 Å². The molecule has 0 spiro atoms. The molecule has 0 radical (unpaired) electrons. The number of amides is 2. The van der Waals surface area contributed by atoms with E-state index in [1.54, 1.807) is 0 Å². The Labute approximate surface area is 206 Å². The van der Waals surface area contributed by atoms with Crippen LogP contribution in [0.25, 0.3) is 11.1 Å². The van der Waals surface area contributed by atoms with E-state index in [9.17, 15) is 19.5 Å². The number of carbonyl (C=O) groups is 3. The van der Waals surface area contributed by atoms with Crippen molar-refractivity contribution in [2.75, 3.05) is 13.2 Å². The van der Waals surface area contributed by atoms with Gasteiger partial charge in [0.25, 0.3) is 0 Å². The maximum atomic E-state index is 13.6. The Morgan fingerprint density at radius 2 is 1.54 bits per heavy atom. The number of carboxylic acid groups (broad SMARTS) is 1. The molecule has 1 fully saturated rings. The Kier molecular flexibility index (Phi) is 7.43. The van der Waals surface area contributed by atoms with Crippen molar-refractivity contribution in [3.63, 3.8) is 0 Å². The summed E-state index contributed by atoms with van der Waals surface area (Å²) >= 11 is 0. The standard InChI is InChI=1S/C28H34N2O5/c1-3-5-15-28(16-6-4-2)26(33)29-24(25(31)32)17-30(28)27(34)35-18-23-21-13-9-7-11-19(21)20-12-8-10-14-22(20)23/h7-14,23-24H,3-6,15-18H2,1-2H3,(H,29,33)(H,31,32)/t24-/m1/s1. The van der Waals surface area contributed by atoms with Crippen molar-refractivity contribution >= 4 is 18.0 Å². The third kappa shape index (κ3) is 4.64. The van der Waals surface area contributed by atoms with Crippen LogP contribution in [0.2, 0.25) is 0 Å². The van der Waals surface area contributed by atoms with Gasteiger partial charge in [0.05, 0.1) is 6.54 Å². The van der Waals surface area contributed by atoms with Crippen molar-refractivity contribution in [2.45, 2.75) is 69.9 Å². The molecule has 0 bridgehead atoms. The Bertz CT molecular complexity index is 1040. The first-order valence-electron chi connectivity index (χ1n) is 12.6. The van der Waals surface area contributed by atoms with E-state index >= 15 is 0 Å². The Morgan fingerprint density at radius 1 is 1.00 bits per heavy atom. The predicted molar refractivity (Wildman–Crippen MR) is 133 cm³/mol. The van der Waals surface area contributed by atoms with E-state index in [1.807, 2.05) is 38.1 Å². The van der Waals surface area contributed by atoms with Gasteiger partial charge in [-0.2, -0.15) is 0 Å². The van der Waals surface area contributed by atoms with Gasteiger partial charge in [0.15, 0.2) is 0 Å². The highest BCUT2D eigenvalue weighted by Gasteiger charge is 2.52. The first-order chi connectivity index (χ1) is 16.9. The van der Waals surface area contributed by atoms with Crippen molar-refractivity contribution in [3.05, 3.63) is 59.7 Å². The lowest BCUT2D eigenvalue weighted by atomic mass is 9.82. The Balaban J connectivity index is 1.61. The molecule has 1 aliphatic carbocycles. The number of unbranched alkanes of at least 4 members (excludes halogenated alkanes) is 2. The third-order valence-electron chi connectivity index (χ3n) is 7.35. The monoisotopic (exact) mass is 478 g/mol. The fraction of sp³-hybridized carbons (Fsp3) is 0.464. The van der Waals surface area contributed by atoms with Crippen molar-refractivity contribution < 1.29 is 24.2 Å². The van der Waals surface area contributed by atoms with Gasteiger partial charge in [-0.15, -0.1) is 0 Å². The number of hydrogen-bond acceptors (Lipinski definition) is 4. The number of nitrogens with one attached hydrogen (secondary N) is 1. The minimum atomic E-state index is -1.16. The molecule has 1 atom stereocenters. The van der Waals surface area contributed by atoms with E-state index in [2.05, 4.69) is 29.6 Å². The fourth-order valence-corrected chi connectivity index (χ4v) is 5.44. The zero-order chi connectivity index (χ0) is 25.0. The highest BCUT2D eigenvalue weighted by atomic mass is 16.6. The van der Waals surface area contributed by atoms with E-state index < -0.39 is 29.6 Å². The average molecular weight is 479 g/mol. The fourth-order valence-electron chi connectivity index (χ4n) is 5.44. The number of piperazine rings is 1. The third-order valence-corrected chi connectivity index (χ3v) is 7.35. The van der Waals surface area contributed by atoms with E-state index in [4.69, 9.17) is 4.74 Å². The lowest BCUT2D eigenvalue weighted by Gasteiger charge is -2.47. The van der Waals surface area contributed by atoms with Gasteiger partial charge in [-0.1, -0.05) is 88.1 Å². The summed E-state index contributed by atoms with van der Waals surface area (Å²) in [7, 11) is 0. The van der Waals surface area contributed by atoms with Gasteiger partial charge in [-0.3, -0.25) is 9.69 Å². The second-order valence-corrected chi connectivity index (χ2v) is 9.52. The highest BCUT2D eigenvalue weighted by Crippen LogP contribution is 2.44. The molecule has 2 amide bonds. The molecule has 2 aromatic rings. The van der Waals surface area contributed by atoms with E-state index in [-0.39, 0.29) is 19.1 Å². The maximum absolute atomic E-state index is 13.6. The molecule has 2 aromatic carbocycles. The molecular weight excluding hydrogens is 444 g/mol. The van der Waals surface area contributed by atoms with Gasteiger partial charge in [0.1, 0.15) is 18.2 Å². The number of fused-ring (bicyclic) bond motifs is 3. The van der Waals surface area contributed by atoms with E-state index in [0.717, 1.165) is 47.9 Å². The lowest BCUT2D eigenvalue weighted by Crippen LogP contribution is -2.70. The van der Waals surface area contributed by atoms with Crippen molar-refractivity contribution in [3.8, 4) is 11.1 Å². The highest BCUT2D eigenvalue weighted by molar-refractivity contribution is 5.95. The summed E-state index contributed by atoms with van der Waals surface area (Å²) in [4.78, 5) is 40.0.